The first-order valence-corrected chi connectivity index (χ1v) is 9.79. The molecule has 1 aliphatic rings. The third-order valence-corrected chi connectivity index (χ3v) is 5.60. The summed E-state index contributed by atoms with van der Waals surface area (Å²) in [4.78, 5) is 16.5. The smallest absolute Gasteiger partial charge is 0.132 e. The molecule has 1 saturated heterocycles. The van der Waals surface area contributed by atoms with Crippen LogP contribution >= 0.6 is 0 Å². The van der Waals surface area contributed by atoms with Crippen molar-refractivity contribution >= 4 is 16.9 Å². The largest absolute Gasteiger partial charge is 0.496 e. The zero-order chi connectivity index (χ0) is 20.0. The molecule has 146 valence electrons. The van der Waals surface area contributed by atoms with Gasteiger partial charge < -0.3 is 14.2 Å². The summed E-state index contributed by atoms with van der Waals surface area (Å²) in [6, 6.07) is 18.3. The molecular formula is C23H23N5O. The molecule has 1 aliphatic heterocycles. The van der Waals surface area contributed by atoms with Crippen molar-refractivity contribution in [1.29, 1.82) is 0 Å². The standard InChI is InChI=1S/C23H23N5O/c1-15-24-19(17-8-4-7-11-21(17)29-3)12-22(25-15)28-13-16(14-28)23-26-18-9-5-6-10-20(18)27(23)2/h4-12,16H,13-14H2,1-3H3. The minimum absolute atomic E-state index is 0.400. The van der Waals surface area contributed by atoms with Gasteiger partial charge in [0.2, 0.25) is 0 Å². The predicted molar refractivity (Wildman–Crippen MR) is 114 cm³/mol. The fourth-order valence-corrected chi connectivity index (χ4v) is 4.07. The quantitative estimate of drug-likeness (QED) is 0.532. The fraction of sp³-hybridized carbons (Fsp3) is 0.261. The highest BCUT2D eigenvalue weighted by atomic mass is 16.5. The molecular weight excluding hydrogens is 362 g/mol. The second kappa shape index (κ2) is 6.88. The number of hydrogen-bond donors (Lipinski definition) is 0. The molecule has 29 heavy (non-hydrogen) atoms. The monoisotopic (exact) mass is 385 g/mol. The zero-order valence-corrected chi connectivity index (χ0v) is 16.8. The Bertz CT molecular complexity index is 1190. The Labute approximate surface area is 169 Å². The fourth-order valence-electron chi connectivity index (χ4n) is 4.07. The van der Waals surface area contributed by atoms with E-state index in [1.165, 1.54) is 5.52 Å². The molecule has 0 aliphatic carbocycles. The maximum absolute atomic E-state index is 5.51. The van der Waals surface area contributed by atoms with Crippen LogP contribution in [0.15, 0.2) is 54.6 Å². The van der Waals surface area contributed by atoms with Crippen molar-refractivity contribution in [3.63, 3.8) is 0 Å². The van der Waals surface area contributed by atoms with Crippen molar-refractivity contribution in [1.82, 2.24) is 19.5 Å². The molecule has 0 spiro atoms. The lowest BCUT2D eigenvalue weighted by atomic mass is 9.99. The average molecular weight is 385 g/mol. The number of aryl methyl sites for hydroxylation is 2. The van der Waals surface area contributed by atoms with Crippen LogP contribution in [-0.4, -0.2) is 39.7 Å². The highest BCUT2D eigenvalue weighted by Gasteiger charge is 2.33. The van der Waals surface area contributed by atoms with Gasteiger partial charge in [0, 0.05) is 31.8 Å². The highest BCUT2D eigenvalue weighted by Crippen LogP contribution is 2.34. The molecule has 0 amide bonds. The van der Waals surface area contributed by atoms with Gasteiger partial charge in [0.15, 0.2) is 0 Å². The van der Waals surface area contributed by atoms with E-state index in [0.29, 0.717) is 5.92 Å². The second-order valence-electron chi connectivity index (χ2n) is 7.48. The molecule has 5 rings (SSSR count). The highest BCUT2D eigenvalue weighted by molar-refractivity contribution is 5.76. The third kappa shape index (κ3) is 3.01. The Morgan fingerprint density at radius 2 is 1.72 bits per heavy atom. The summed E-state index contributed by atoms with van der Waals surface area (Å²) >= 11 is 0. The van der Waals surface area contributed by atoms with Crippen LogP contribution in [0.5, 0.6) is 5.75 Å². The van der Waals surface area contributed by atoms with E-state index in [0.717, 1.165) is 53.1 Å². The second-order valence-corrected chi connectivity index (χ2v) is 7.48. The summed E-state index contributed by atoms with van der Waals surface area (Å²) in [6.07, 6.45) is 0. The Kier molecular flexibility index (Phi) is 4.19. The summed E-state index contributed by atoms with van der Waals surface area (Å²) in [5, 5.41) is 0. The van der Waals surface area contributed by atoms with Gasteiger partial charge in [-0.25, -0.2) is 15.0 Å². The Balaban J connectivity index is 1.42. The molecule has 0 atom stereocenters. The number of benzene rings is 2. The molecule has 0 saturated carbocycles. The molecule has 0 radical (unpaired) electrons. The van der Waals surface area contributed by atoms with Gasteiger partial charge in [-0.3, -0.25) is 0 Å². The molecule has 1 fully saturated rings. The van der Waals surface area contributed by atoms with Crippen LogP contribution < -0.4 is 9.64 Å². The van der Waals surface area contributed by atoms with Crippen molar-refractivity contribution in [2.75, 3.05) is 25.1 Å². The van der Waals surface area contributed by atoms with Crippen molar-refractivity contribution in [3.8, 4) is 17.0 Å². The number of anilines is 1. The Morgan fingerprint density at radius 1 is 0.966 bits per heavy atom. The Hall–Kier alpha value is -3.41. The van der Waals surface area contributed by atoms with E-state index in [4.69, 9.17) is 9.72 Å². The molecule has 4 aromatic rings. The lowest BCUT2D eigenvalue weighted by Crippen LogP contribution is -2.46. The van der Waals surface area contributed by atoms with Gasteiger partial charge in [-0.1, -0.05) is 24.3 Å². The van der Waals surface area contributed by atoms with Crippen LogP contribution in [0.4, 0.5) is 5.82 Å². The first kappa shape index (κ1) is 17.7. The van der Waals surface area contributed by atoms with Gasteiger partial charge in [0.05, 0.1) is 29.8 Å². The molecule has 0 bridgehead atoms. The van der Waals surface area contributed by atoms with Gasteiger partial charge in [-0.15, -0.1) is 0 Å². The summed E-state index contributed by atoms with van der Waals surface area (Å²) < 4.78 is 7.72. The van der Waals surface area contributed by atoms with Crippen LogP contribution in [0.2, 0.25) is 0 Å². The predicted octanol–water partition coefficient (Wildman–Crippen LogP) is 3.95. The minimum atomic E-state index is 0.400. The number of ether oxygens (including phenoxy) is 1. The van der Waals surface area contributed by atoms with E-state index in [-0.39, 0.29) is 0 Å². The first-order chi connectivity index (χ1) is 14.1. The maximum Gasteiger partial charge on any atom is 0.132 e. The van der Waals surface area contributed by atoms with Gasteiger partial charge in [-0.05, 0) is 31.2 Å². The number of aromatic nitrogens is 4. The number of hydrogen-bond acceptors (Lipinski definition) is 5. The van der Waals surface area contributed by atoms with E-state index < -0.39 is 0 Å². The number of rotatable bonds is 4. The number of methoxy groups -OCH3 is 1. The number of imidazole rings is 1. The van der Waals surface area contributed by atoms with Crippen LogP contribution in [0.1, 0.15) is 17.6 Å². The van der Waals surface area contributed by atoms with E-state index >= 15 is 0 Å². The lowest BCUT2D eigenvalue weighted by molar-refractivity contribution is 0.416. The van der Waals surface area contributed by atoms with Crippen molar-refractivity contribution in [2.45, 2.75) is 12.8 Å². The molecule has 0 unspecified atom stereocenters. The summed E-state index contributed by atoms with van der Waals surface area (Å²) in [5.74, 6) is 4.07. The number of nitrogens with zero attached hydrogens (tertiary/aromatic N) is 5. The topological polar surface area (TPSA) is 56.1 Å². The van der Waals surface area contributed by atoms with Crippen molar-refractivity contribution in [2.24, 2.45) is 7.05 Å². The van der Waals surface area contributed by atoms with Crippen LogP contribution in [0, 0.1) is 6.92 Å². The maximum atomic E-state index is 5.51. The summed E-state index contributed by atoms with van der Waals surface area (Å²) in [7, 11) is 3.78. The van der Waals surface area contributed by atoms with Gasteiger partial charge in [-0.2, -0.15) is 0 Å². The van der Waals surface area contributed by atoms with Gasteiger partial charge in [0.25, 0.3) is 0 Å². The first-order valence-electron chi connectivity index (χ1n) is 9.79. The zero-order valence-electron chi connectivity index (χ0n) is 16.8. The number of fused-ring (bicyclic) bond motifs is 1. The lowest BCUT2D eigenvalue weighted by Gasteiger charge is -2.39. The summed E-state index contributed by atoms with van der Waals surface area (Å²) in [6.45, 7) is 3.74. The van der Waals surface area contributed by atoms with Crippen LogP contribution in [0.3, 0.4) is 0 Å². The molecule has 2 aromatic carbocycles. The van der Waals surface area contributed by atoms with Gasteiger partial charge in [0.1, 0.15) is 23.2 Å². The van der Waals surface area contributed by atoms with Gasteiger partial charge >= 0.3 is 0 Å². The van der Waals surface area contributed by atoms with Crippen LogP contribution in [0.25, 0.3) is 22.3 Å². The SMILES string of the molecule is COc1ccccc1-c1cc(N2CC(c3nc4ccccc4n3C)C2)nc(C)n1. The molecule has 2 aromatic heterocycles. The van der Waals surface area contributed by atoms with Crippen molar-refractivity contribution < 1.29 is 4.74 Å². The molecule has 6 heteroatoms. The Morgan fingerprint density at radius 3 is 2.52 bits per heavy atom. The normalized spacial score (nSPS) is 14.2. The van der Waals surface area contributed by atoms with E-state index in [2.05, 4.69) is 50.7 Å². The molecule has 0 N–H and O–H groups in total. The van der Waals surface area contributed by atoms with E-state index in [1.807, 2.05) is 37.3 Å². The minimum Gasteiger partial charge on any atom is -0.496 e. The van der Waals surface area contributed by atoms with E-state index in [1.54, 1.807) is 7.11 Å². The van der Waals surface area contributed by atoms with Crippen LogP contribution in [-0.2, 0) is 7.05 Å². The van der Waals surface area contributed by atoms with E-state index in [9.17, 15) is 0 Å². The average Bonchev–Trinajstić information content (AvgIpc) is 3.03. The molecule has 6 nitrogen and oxygen atoms in total. The summed E-state index contributed by atoms with van der Waals surface area (Å²) in [5.41, 5.74) is 4.10. The number of para-hydroxylation sites is 3. The third-order valence-electron chi connectivity index (χ3n) is 5.60. The van der Waals surface area contributed by atoms with Crippen molar-refractivity contribution in [3.05, 3.63) is 66.2 Å². The molecule has 3 heterocycles.